The van der Waals surface area contributed by atoms with Crippen LogP contribution >= 0.6 is 0 Å². The maximum Gasteiger partial charge on any atom is 0.162 e. The number of allylic oxidation sites excluding steroid dienone is 1. The molecule has 1 aliphatic heterocycles. The van der Waals surface area contributed by atoms with Crippen LogP contribution in [-0.2, 0) is 11.2 Å². The fraction of sp³-hybridized carbons (Fsp3) is 0.364. The SMILES string of the molecule is CCc1cnc(C)[nH]1.O=C1C=CN=CC1. The normalized spacial score (nSPS) is 13.6. The topological polar surface area (TPSA) is 58.1 Å². The van der Waals surface area contributed by atoms with Crippen LogP contribution in [0.5, 0.6) is 0 Å². The Morgan fingerprint density at radius 3 is 2.60 bits per heavy atom. The molecule has 0 aliphatic carbocycles. The molecule has 1 aromatic heterocycles. The van der Waals surface area contributed by atoms with Gasteiger partial charge in [0.2, 0.25) is 0 Å². The van der Waals surface area contributed by atoms with Gasteiger partial charge in [0.1, 0.15) is 5.82 Å². The van der Waals surface area contributed by atoms with E-state index < -0.39 is 0 Å². The van der Waals surface area contributed by atoms with Crippen molar-refractivity contribution in [2.75, 3.05) is 0 Å². The van der Waals surface area contributed by atoms with Crippen LogP contribution in [-0.4, -0.2) is 22.0 Å². The van der Waals surface area contributed by atoms with E-state index in [1.54, 1.807) is 6.21 Å². The zero-order chi connectivity index (χ0) is 11.1. The van der Waals surface area contributed by atoms with Crippen molar-refractivity contribution >= 4 is 12.0 Å². The number of aromatic nitrogens is 2. The molecule has 0 radical (unpaired) electrons. The van der Waals surface area contributed by atoms with E-state index in [4.69, 9.17) is 0 Å². The average molecular weight is 205 g/mol. The summed E-state index contributed by atoms with van der Waals surface area (Å²) in [6.07, 6.45) is 7.96. The lowest BCUT2D eigenvalue weighted by Crippen LogP contribution is -1.95. The van der Waals surface area contributed by atoms with Crippen molar-refractivity contribution in [2.24, 2.45) is 4.99 Å². The number of carbonyl (C=O) groups is 1. The van der Waals surface area contributed by atoms with Crippen molar-refractivity contribution < 1.29 is 4.79 Å². The molecule has 0 amide bonds. The number of hydrogen-bond acceptors (Lipinski definition) is 3. The van der Waals surface area contributed by atoms with Gasteiger partial charge in [-0.15, -0.1) is 0 Å². The Kier molecular flexibility index (Phi) is 4.47. The van der Waals surface area contributed by atoms with Gasteiger partial charge in [-0.3, -0.25) is 9.79 Å². The second-order valence-electron chi connectivity index (χ2n) is 3.17. The number of carbonyl (C=O) groups excluding carboxylic acids is 1. The van der Waals surface area contributed by atoms with Crippen LogP contribution < -0.4 is 0 Å². The van der Waals surface area contributed by atoms with Gasteiger partial charge in [0.15, 0.2) is 5.78 Å². The minimum atomic E-state index is 0.134. The molecule has 0 aromatic carbocycles. The first kappa shape index (κ1) is 11.4. The Morgan fingerprint density at radius 2 is 2.33 bits per heavy atom. The van der Waals surface area contributed by atoms with Gasteiger partial charge in [-0.2, -0.15) is 0 Å². The van der Waals surface area contributed by atoms with Crippen molar-refractivity contribution in [3.63, 3.8) is 0 Å². The summed E-state index contributed by atoms with van der Waals surface area (Å²) in [6, 6.07) is 0. The number of imidazole rings is 1. The molecular formula is C11H15N3O. The number of H-pyrrole nitrogens is 1. The average Bonchev–Trinajstić information content (AvgIpc) is 2.66. The van der Waals surface area contributed by atoms with Crippen LogP contribution in [0.25, 0.3) is 0 Å². The summed E-state index contributed by atoms with van der Waals surface area (Å²) in [5, 5.41) is 0. The molecule has 0 saturated carbocycles. The molecule has 0 saturated heterocycles. The van der Waals surface area contributed by atoms with Gasteiger partial charge in [0, 0.05) is 30.7 Å². The smallest absolute Gasteiger partial charge is 0.162 e. The third-order valence-electron chi connectivity index (χ3n) is 1.88. The molecule has 0 spiro atoms. The Bertz CT molecular complexity index is 377. The fourth-order valence-electron chi connectivity index (χ4n) is 1.05. The van der Waals surface area contributed by atoms with Crippen LogP contribution in [0, 0.1) is 6.92 Å². The van der Waals surface area contributed by atoms with Gasteiger partial charge >= 0.3 is 0 Å². The lowest BCUT2D eigenvalue weighted by molar-refractivity contribution is -0.113. The molecule has 1 N–H and O–H groups in total. The molecule has 0 bridgehead atoms. The first-order valence-electron chi connectivity index (χ1n) is 4.94. The van der Waals surface area contributed by atoms with E-state index in [9.17, 15) is 4.79 Å². The highest BCUT2D eigenvalue weighted by Crippen LogP contribution is 1.94. The summed E-state index contributed by atoms with van der Waals surface area (Å²) >= 11 is 0. The van der Waals surface area contributed by atoms with Gasteiger partial charge in [-0.1, -0.05) is 6.92 Å². The van der Waals surface area contributed by atoms with Crippen LogP contribution in [0.1, 0.15) is 24.9 Å². The fourth-order valence-corrected chi connectivity index (χ4v) is 1.05. The first-order chi connectivity index (χ1) is 7.22. The number of rotatable bonds is 1. The third-order valence-corrected chi connectivity index (χ3v) is 1.88. The summed E-state index contributed by atoms with van der Waals surface area (Å²) in [6.45, 7) is 4.06. The lowest BCUT2D eigenvalue weighted by atomic mass is 10.3. The number of aliphatic imine (C=N–C) groups is 1. The van der Waals surface area contributed by atoms with E-state index in [0.717, 1.165) is 12.2 Å². The summed E-state index contributed by atoms with van der Waals surface area (Å²) < 4.78 is 0. The number of nitrogens with zero attached hydrogens (tertiary/aromatic N) is 2. The molecule has 2 heterocycles. The lowest BCUT2D eigenvalue weighted by Gasteiger charge is -1.88. The largest absolute Gasteiger partial charge is 0.346 e. The maximum absolute atomic E-state index is 10.3. The first-order valence-corrected chi connectivity index (χ1v) is 4.94. The van der Waals surface area contributed by atoms with E-state index in [1.807, 2.05) is 13.1 Å². The molecule has 80 valence electrons. The minimum Gasteiger partial charge on any atom is -0.346 e. The molecule has 0 atom stereocenters. The Labute approximate surface area is 89.1 Å². The van der Waals surface area contributed by atoms with Crippen molar-refractivity contribution in [3.05, 3.63) is 30.0 Å². The molecule has 2 rings (SSSR count). The monoisotopic (exact) mass is 205 g/mol. The van der Waals surface area contributed by atoms with E-state index in [2.05, 4.69) is 21.9 Å². The quantitative estimate of drug-likeness (QED) is 0.760. The molecule has 15 heavy (non-hydrogen) atoms. The highest BCUT2D eigenvalue weighted by atomic mass is 16.1. The molecule has 4 heteroatoms. The van der Waals surface area contributed by atoms with Gasteiger partial charge in [-0.25, -0.2) is 4.98 Å². The Balaban J connectivity index is 0.000000151. The summed E-state index contributed by atoms with van der Waals surface area (Å²) in [4.78, 5) is 21.1. The standard InChI is InChI=1S/C6H10N2.C5H5NO/c1-3-6-4-7-5(2)8-6;7-5-1-3-6-4-2-5/h4H,3H2,1-2H3,(H,7,8);1,3-4H,2H2. The molecule has 0 unspecified atom stereocenters. The number of nitrogens with one attached hydrogen (secondary N) is 1. The van der Waals surface area contributed by atoms with Crippen LogP contribution in [0.3, 0.4) is 0 Å². The van der Waals surface area contributed by atoms with Crippen molar-refractivity contribution in [1.29, 1.82) is 0 Å². The van der Waals surface area contributed by atoms with Gasteiger partial charge in [0.05, 0.1) is 0 Å². The molecular weight excluding hydrogens is 190 g/mol. The zero-order valence-corrected chi connectivity index (χ0v) is 9.03. The summed E-state index contributed by atoms with van der Waals surface area (Å²) in [5.74, 6) is 1.14. The third kappa shape index (κ3) is 4.35. The number of aromatic amines is 1. The van der Waals surface area contributed by atoms with Crippen LogP contribution in [0.2, 0.25) is 0 Å². The minimum absolute atomic E-state index is 0.134. The predicted molar refractivity (Wildman–Crippen MR) is 60.0 cm³/mol. The Hall–Kier alpha value is -1.71. The molecule has 1 aliphatic rings. The second-order valence-corrected chi connectivity index (χ2v) is 3.17. The van der Waals surface area contributed by atoms with E-state index >= 15 is 0 Å². The van der Waals surface area contributed by atoms with Crippen molar-refractivity contribution in [2.45, 2.75) is 26.7 Å². The maximum atomic E-state index is 10.3. The van der Waals surface area contributed by atoms with E-state index in [0.29, 0.717) is 6.42 Å². The number of hydrogen-bond donors (Lipinski definition) is 1. The molecule has 0 fully saturated rings. The molecule has 1 aromatic rings. The van der Waals surface area contributed by atoms with E-state index in [-0.39, 0.29) is 5.78 Å². The van der Waals surface area contributed by atoms with Crippen LogP contribution in [0.4, 0.5) is 0 Å². The van der Waals surface area contributed by atoms with Crippen LogP contribution in [0.15, 0.2) is 23.5 Å². The summed E-state index contributed by atoms with van der Waals surface area (Å²) in [5.41, 5.74) is 1.21. The second kappa shape index (κ2) is 5.90. The number of aryl methyl sites for hydroxylation is 2. The van der Waals surface area contributed by atoms with Crippen molar-refractivity contribution in [3.8, 4) is 0 Å². The van der Waals surface area contributed by atoms with Gasteiger partial charge < -0.3 is 4.98 Å². The van der Waals surface area contributed by atoms with Crippen molar-refractivity contribution in [1.82, 2.24) is 9.97 Å². The highest BCUT2D eigenvalue weighted by Gasteiger charge is 1.93. The Morgan fingerprint density at radius 1 is 1.53 bits per heavy atom. The number of ketones is 1. The molecule has 4 nitrogen and oxygen atoms in total. The van der Waals surface area contributed by atoms with E-state index in [1.165, 1.54) is 18.0 Å². The predicted octanol–water partition coefficient (Wildman–Crippen LogP) is 1.82. The van der Waals surface area contributed by atoms with Gasteiger partial charge in [0.25, 0.3) is 0 Å². The highest BCUT2D eigenvalue weighted by molar-refractivity contribution is 6.00. The van der Waals surface area contributed by atoms with Gasteiger partial charge in [-0.05, 0) is 19.4 Å². The summed E-state index contributed by atoms with van der Waals surface area (Å²) in [7, 11) is 0. The zero-order valence-electron chi connectivity index (χ0n) is 9.03.